The van der Waals surface area contributed by atoms with Crippen LogP contribution in [0.3, 0.4) is 0 Å². The van der Waals surface area contributed by atoms with Gasteiger partial charge in [-0.15, -0.1) is 0 Å². The molecule has 3 aromatic rings. The lowest BCUT2D eigenvalue weighted by Crippen LogP contribution is -2.45. The number of imide groups is 1. The standard InChI is InChI=1S/C34H28Cl4N6O3/c1-2-18-6-11-23(12-7-18)43-33(46)30-32(34(43)47)42(41-39-30)17-28(45)44-31(24-13-10-22(36)16-27(24)38)25-5-3-4-20(29(25)40-44)14-19-8-9-21(35)15-26(19)37/h6-16,25,30-32H,2-5,17H2,1H3/b20-14+/t25-,30+,31+,32-/m0/s1. The zero-order valence-corrected chi connectivity index (χ0v) is 28.1. The van der Waals surface area contributed by atoms with Gasteiger partial charge >= 0.3 is 0 Å². The minimum atomic E-state index is -1.03. The summed E-state index contributed by atoms with van der Waals surface area (Å²) in [5.41, 5.74) is 4.76. The number of hydrogen-bond donors (Lipinski definition) is 0. The van der Waals surface area contributed by atoms with Gasteiger partial charge in [0, 0.05) is 26.0 Å². The smallest absolute Gasteiger partial charge is 0.264 e. The largest absolute Gasteiger partial charge is 0.271 e. The number of nitrogens with zero attached hydrogens (tertiary/aromatic N) is 6. The molecule has 1 saturated carbocycles. The third-order valence-electron chi connectivity index (χ3n) is 9.09. The molecule has 0 aromatic heterocycles. The molecule has 9 nitrogen and oxygen atoms in total. The molecule has 47 heavy (non-hydrogen) atoms. The molecular weight excluding hydrogens is 682 g/mol. The summed E-state index contributed by atoms with van der Waals surface area (Å²) in [6, 6.07) is 15.2. The van der Waals surface area contributed by atoms with Crippen molar-refractivity contribution in [3.8, 4) is 0 Å². The first-order valence-corrected chi connectivity index (χ1v) is 16.8. The molecule has 0 radical (unpaired) electrons. The minimum Gasteiger partial charge on any atom is -0.271 e. The molecule has 13 heteroatoms. The molecule has 0 bridgehead atoms. The van der Waals surface area contributed by atoms with Gasteiger partial charge in [-0.2, -0.15) is 10.2 Å². The van der Waals surface area contributed by atoms with Crippen molar-refractivity contribution in [1.29, 1.82) is 0 Å². The molecule has 3 amide bonds. The van der Waals surface area contributed by atoms with Gasteiger partial charge in [-0.1, -0.05) is 82.8 Å². The van der Waals surface area contributed by atoms with E-state index in [-0.39, 0.29) is 12.5 Å². The number of carbonyl (C=O) groups excluding carboxylic acids is 3. The number of hydrazone groups is 1. The molecule has 7 rings (SSSR count). The molecular formula is C34H28Cl4N6O3. The highest BCUT2D eigenvalue weighted by atomic mass is 35.5. The number of benzene rings is 3. The maximum Gasteiger partial charge on any atom is 0.264 e. The van der Waals surface area contributed by atoms with Crippen molar-refractivity contribution in [2.45, 2.75) is 50.7 Å². The predicted molar refractivity (Wildman–Crippen MR) is 183 cm³/mol. The zero-order valence-electron chi connectivity index (χ0n) is 25.1. The maximum atomic E-state index is 14.2. The number of fused-ring (bicyclic) bond motifs is 2. The number of halogens is 4. The highest BCUT2D eigenvalue weighted by Gasteiger charge is 2.55. The van der Waals surface area contributed by atoms with E-state index in [1.807, 2.05) is 37.3 Å². The molecule has 4 aliphatic rings. The summed E-state index contributed by atoms with van der Waals surface area (Å²) in [6.07, 6.45) is 5.19. The van der Waals surface area contributed by atoms with Gasteiger partial charge in [-0.3, -0.25) is 19.4 Å². The second kappa shape index (κ2) is 12.7. The molecule has 0 spiro atoms. The van der Waals surface area contributed by atoms with Crippen molar-refractivity contribution in [3.63, 3.8) is 0 Å². The van der Waals surface area contributed by atoms with Crippen molar-refractivity contribution in [3.05, 3.63) is 103 Å². The Hall–Kier alpha value is -3.76. The van der Waals surface area contributed by atoms with Gasteiger partial charge in [0.2, 0.25) is 0 Å². The summed E-state index contributed by atoms with van der Waals surface area (Å²) in [4.78, 5) is 42.3. The minimum absolute atomic E-state index is 0.159. The second-order valence-electron chi connectivity index (χ2n) is 11.9. The molecule has 3 heterocycles. The van der Waals surface area contributed by atoms with Crippen molar-refractivity contribution in [2.24, 2.45) is 21.4 Å². The molecule has 1 saturated heterocycles. The molecule has 240 valence electrons. The zero-order chi connectivity index (χ0) is 33.0. The second-order valence-corrected chi connectivity index (χ2v) is 13.6. The number of allylic oxidation sites excluding steroid dienone is 1. The van der Waals surface area contributed by atoms with Crippen LogP contribution < -0.4 is 4.90 Å². The Morgan fingerprint density at radius 3 is 2.34 bits per heavy atom. The lowest BCUT2D eigenvalue weighted by atomic mass is 9.77. The summed E-state index contributed by atoms with van der Waals surface area (Å²) in [7, 11) is 0. The van der Waals surface area contributed by atoms with Crippen LogP contribution in [0.4, 0.5) is 5.69 Å². The lowest BCUT2D eigenvalue weighted by molar-refractivity contribution is -0.136. The number of rotatable bonds is 6. The van der Waals surface area contributed by atoms with Crippen LogP contribution in [-0.4, -0.2) is 52.1 Å². The van der Waals surface area contributed by atoms with Gasteiger partial charge in [0.25, 0.3) is 17.7 Å². The van der Waals surface area contributed by atoms with E-state index < -0.39 is 35.8 Å². The van der Waals surface area contributed by atoms with Crippen molar-refractivity contribution >= 4 is 81.6 Å². The number of anilines is 1. The Morgan fingerprint density at radius 1 is 0.915 bits per heavy atom. The Kier molecular flexibility index (Phi) is 8.59. The first-order chi connectivity index (χ1) is 22.6. The molecule has 3 aromatic carbocycles. The van der Waals surface area contributed by atoms with Crippen LogP contribution in [0.1, 0.15) is 48.9 Å². The number of carbonyl (C=O) groups is 3. The summed E-state index contributed by atoms with van der Waals surface area (Å²) < 4.78 is 0. The average Bonchev–Trinajstić information content (AvgIpc) is 3.72. The van der Waals surface area contributed by atoms with Crippen LogP contribution in [0.2, 0.25) is 20.1 Å². The van der Waals surface area contributed by atoms with Crippen molar-refractivity contribution in [1.82, 2.24) is 10.0 Å². The third-order valence-corrected chi connectivity index (χ3v) is 10.2. The highest BCUT2D eigenvalue weighted by Crippen LogP contribution is 2.47. The molecule has 0 N–H and O–H groups in total. The van der Waals surface area contributed by atoms with Crippen LogP contribution in [0, 0.1) is 5.92 Å². The summed E-state index contributed by atoms with van der Waals surface area (Å²) in [5, 5.41) is 17.8. The fraction of sp³-hybridized carbons (Fsp3) is 0.294. The Balaban J connectivity index is 1.20. The van der Waals surface area contributed by atoms with E-state index in [0.29, 0.717) is 31.3 Å². The van der Waals surface area contributed by atoms with Gasteiger partial charge in [0.15, 0.2) is 12.1 Å². The van der Waals surface area contributed by atoms with Gasteiger partial charge in [-0.25, -0.2) is 9.91 Å². The van der Waals surface area contributed by atoms with E-state index in [1.165, 1.54) is 10.0 Å². The van der Waals surface area contributed by atoms with Gasteiger partial charge in [-0.05, 0) is 90.4 Å². The fourth-order valence-electron chi connectivity index (χ4n) is 6.76. The third kappa shape index (κ3) is 5.73. The molecule has 2 fully saturated rings. The van der Waals surface area contributed by atoms with Crippen LogP contribution in [-0.2, 0) is 20.8 Å². The average molecular weight is 710 g/mol. The van der Waals surface area contributed by atoms with Crippen LogP contribution in [0.5, 0.6) is 0 Å². The van der Waals surface area contributed by atoms with Crippen LogP contribution in [0.15, 0.2) is 81.7 Å². The van der Waals surface area contributed by atoms with Gasteiger partial charge < -0.3 is 0 Å². The van der Waals surface area contributed by atoms with Crippen molar-refractivity contribution in [2.75, 3.05) is 11.4 Å². The van der Waals surface area contributed by atoms with Crippen molar-refractivity contribution < 1.29 is 14.4 Å². The quantitative estimate of drug-likeness (QED) is 0.243. The Morgan fingerprint density at radius 2 is 1.64 bits per heavy atom. The van der Waals surface area contributed by atoms with Crippen LogP contribution >= 0.6 is 46.4 Å². The normalized spacial score (nSPS) is 24.3. The summed E-state index contributed by atoms with van der Waals surface area (Å²) in [5.74, 6) is -1.53. The Labute approximate surface area is 291 Å². The van der Waals surface area contributed by atoms with E-state index in [9.17, 15) is 14.4 Å². The fourth-order valence-corrected chi connectivity index (χ4v) is 7.75. The molecule has 4 atom stereocenters. The van der Waals surface area contributed by atoms with Gasteiger partial charge in [0.1, 0.15) is 6.54 Å². The number of amides is 3. The number of hydrogen-bond acceptors (Lipinski definition) is 7. The first-order valence-electron chi connectivity index (χ1n) is 15.3. The highest BCUT2D eigenvalue weighted by molar-refractivity contribution is 6.36. The van der Waals surface area contributed by atoms with E-state index in [0.717, 1.165) is 53.0 Å². The molecule has 3 aliphatic heterocycles. The van der Waals surface area contributed by atoms with E-state index in [4.69, 9.17) is 51.5 Å². The van der Waals surface area contributed by atoms with E-state index >= 15 is 0 Å². The maximum absolute atomic E-state index is 14.2. The number of aryl methyl sites for hydroxylation is 1. The summed E-state index contributed by atoms with van der Waals surface area (Å²) >= 11 is 25.6. The monoisotopic (exact) mass is 708 g/mol. The van der Waals surface area contributed by atoms with E-state index in [1.54, 1.807) is 36.4 Å². The molecule has 1 aliphatic carbocycles. The topological polar surface area (TPSA) is 98.0 Å². The van der Waals surface area contributed by atoms with E-state index in [2.05, 4.69) is 10.3 Å². The van der Waals surface area contributed by atoms with Gasteiger partial charge in [0.05, 0.1) is 17.4 Å². The lowest BCUT2D eigenvalue weighted by Gasteiger charge is -2.31. The summed E-state index contributed by atoms with van der Waals surface area (Å²) in [6.45, 7) is 1.71. The predicted octanol–water partition coefficient (Wildman–Crippen LogP) is 7.98. The first kappa shape index (κ1) is 31.8. The van der Waals surface area contributed by atoms with Crippen LogP contribution in [0.25, 0.3) is 6.08 Å². The SMILES string of the molecule is CCc1ccc(N2C(=O)[C@@H]3[C@@H](N=NN3CC(=O)N3N=C4/C(=C/c5ccc(Cl)cc5Cl)CCC[C@@H]4[C@H]3c3ccc(Cl)cc3Cl)C2=O)cc1. The Bertz CT molecular complexity index is 1890. The molecule has 0 unspecified atom stereocenters.